The van der Waals surface area contributed by atoms with Gasteiger partial charge in [-0.25, -0.2) is 0 Å². The van der Waals surface area contributed by atoms with E-state index in [0.717, 1.165) is 44.3 Å². The molecule has 18 heavy (non-hydrogen) atoms. The van der Waals surface area contributed by atoms with Crippen molar-refractivity contribution in [2.24, 2.45) is 17.8 Å². The molecule has 0 aliphatic heterocycles. The summed E-state index contributed by atoms with van der Waals surface area (Å²) in [7, 11) is 0. The molecule has 0 saturated heterocycles. The smallest absolute Gasteiger partial charge is 0.223 e. The number of hydrogen-bond donors (Lipinski definition) is 1. The van der Waals surface area contributed by atoms with E-state index in [1.165, 1.54) is 19.3 Å². The summed E-state index contributed by atoms with van der Waals surface area (Å²) in [6.07, 6.45) is 9.56. The second-order valence-corrected chi connectivity index (χ2v) is 6.04. The molecule has 2 atom stereocenters. The van der Waals surface area contributed by atoms with Crippen molar-refractivity contribution in [1.29, 1.82) is 0 Å². The van der Waals surface area contributed by atoms with Crippen LogP contribution in [-0.2, 0) is 9.59 Å². The Bertz CT molecular complexity index is 295. The fourth-order valence-corrected chi connectivity index (χ4v) is 3.42. The van der Waals surface area contributed by atoms with E-state index in [2.05, 4.69) is 12.2 Å². The minimum absolute atomic E-state index is 0.172. The molecular formula is C15H25NO2. The molecule has 0 aromatic rings. The third-order valence-corrected chi connectivity index (χ3v) is 4.81. The predicted molar refractivity (Wildman–Crippen MR) is 71.1 cm³/mol. The van der Waals surface area contributed by atoms with E-state index in [-0.39, 0.29) is 23.8 Å². The first kappa shape index (κ1) is 13.6. The molecule has 0 radical (unpaired) electrons. The van der Waals surface area contributed by atoms with Crippen molar-refractivity contribution in [3.05, 3.63) is 0 Å². The molecule has 2 aliphatic carbocycles. The van der Waals surface area contributed by atoms with Gasteiger partial charge in [0.05, 0.1) is 0 Å². The first-order valence-corrected chi connectivity index (χ1v) is 7.48. The molecule has 0 bridgehead atoms. The van der Waals surface area contributed by atoms with Crippen LogP contribution >= 0.6 is 0 Å². The van der Waals surface area contributed by atoms with Crippen molar-refractivity contribution in [2.75, 3.05) is 0 Å². The quantitative estimate of drug-likeness (QED) is 0.781. The third-order valence-electron chi connectivity index (χ3n) is 4.81. The molecule has 2 saturated carbocycles. The topological polar surface area (TPSA) is 46.2 Å². The normalized spacial score (nSPS) is 36.3. The van der Waals surface area contributed by atoms with E-state index >= 15 is 0 Å². The Morgan fingerprint density at radius 3 is 2.44 bits per heavy atom. The minimum Gasteiger partial charge on any atom is -0.353 e. The number of nitrogens with one attached hydrogen (secondary N) is 1. The fourth-order valence-electron chi connectivity index (χ4n) is 3.42. The maximum absolute atomic E-state index is 12.1. The van der Waals surface area contributed by atoms with Crippen LogP contribution in [0.25, 0.3) is 0 Å². The summed E-state index contributed by atoms with van der Waals surface area (Å²) in [5.74, 6) is 1.47. The summed E-state index contributed by atoms with van der Waals surface area (Å²) in [5.41, 5.74) is 0. The molecule has 2 fully saturated rings. The average Bonchev–Trinajstić information content (AvgIpc) is 2.86. The first-order chi connectivity index (χ1) is 8.72. The van der Waals surface area contributed by atoms with Gasteiger partial charge < -0.3 is 10.1 Å². The van der Waals surface area contributed by atoms with E-state index in [0.29, 0.717) is 0 Å². The molecule has 0 aromatic carbocycles. The van der Waals surface area contributed by atoms with Gasteiger partial charge >= 0.3 is 0 Å². The monoisotopic (exact) mass is 251 g/mol. The summed E-state index contributed by atoms with van der Waals surface area (Å²) >= 11 is 0. The van der Waals surface area contributed by atoms with Crippen molar-refractivity contribution in [3.8, 4) is 0 Å². The van der Waals surface area contributed by atoms with Gasteiger partial charge in [-0.3, -0.25) is 4.79 Å². The van der Waals surface area contributed by atoms with Crippen LogP contribution in [0.2, 0.25) is 0 Å². The van der Waals surface area contributed by atoms with Crippen LogP contribution < -0.4 is 5.32 Å². The van der Waals surface area contributed by atoms with Crippen molar-refractivity contribution in [3.63, 3.8) is 0 Å². The lowest BCUT2D eigenvalue weighted by Gasteiger charge is -2.28. The number of amides is 1. The highest BCUT2D eigenvalue weighted by atomic mass is 16.2. The Labute approximate surface area is 110 Å². The maximum atomic E-state index is 12.1. The number of hydrogen-bond acceptors (Lipinski definition) is 2. The van der Waals surface area contributed by atoms with Crippen molar-refractivity contribution < 1.29 is 9.59 Å². The molecule has 0 spiro atoms. The molecule has 102 valence electrons. The summed E-state index contributed by atoms with van der Waals surface area (Å²) in [4.78, 5) is 22.8. The van der Waals surface area contributed by atoms with Gasteiger partial charge in [-0.05, 0) is 50.9 Å². The SMILES string of the molecule is CCC1CCC(C(=O)NC2CCC(C=O)C2)CC1. The Balaban J connectivity index is 1.74. The van der Waals surface area contributed by atoms with Crippen LogP contribution in [0.4, 0.5) is 0 Å². The number of carbonyl (C=O) groups is 2. The molecule has 1 amide bonds. The Morgan fingerprint density at radius 2 is 1.89 bits per heavy atom. The number of aldehydes is 1. The molecular weight excluding hydrogens is 226 g/mol. The highest BCUT2D eigenvalue weighted by Crippen LogP contribution is 2.31. The standard InChI is InChI=1S/C15H25NO2/c1-2-11-3-6-13(7-4-11)15(18)16-14-8-5-12(9-14)10-17/h10-14H,2-9H2,1H3,(H,16,18). The largest absolute Gasteiger partial charge is 0.353 e. The zero-order valence-electron chi connectivity index (χ0n) is 11.4. The highest BCUT2D eigenvalue weighted by molar-refractivity contribution is 5.79. The number of carbonyl (C=O) groups excluding carboxylic acids is 2. The lowest BCUT2D eigenvalue weighted by molar-refractivity contribution is -0.127. The van der Waals surface area contributed by atoms with Gasteiger partial charge in [0, 0.05) is 17.9 Å². The Hall–Kier alpha value is -0.860. The lowest BCUT2D eigenvalue weighted by Crippen LogP contribution is -2.39. The van der Waals surface area contributed by atoms with Gasteiger partial charge in [0.25, 0.3) is 0 Å². The van der Waals surface area contributed by atoms with E-state index in [9.17, 15) is 9.59 Å². The zero-order valence-corrected chi connectivity index (χ0v) is 11.4. The van der Waals surface area contributed by atoms with Crippen LogP contribution in [0.3, 0.4) is 0 Å². The Kier molecular flexibility index (Phi) is 4.79. The van der Waals surface area contributed by atoms with Gasteiger partial charge in [0.15, 0.2) is 0 Å². The maximum Gasteiger partial charge on any atom is 0.223 e. The lowest BCUT2D eigenvalue weighted by atomic mass is 9.80. The first-order valence-electron chi connectivity index (χ1n) is 7.48. The van der Waals surface area contributed by atoms with Crippen molar-refractivity contribution in [2.45, 2.75) is 64.3 Å². The van der Waals surface area contributed by atoms with E-state index < -0.39 is 0 Å². The molecule has 2 unspecified atom stereocenters. The summed E-state index contributed by atoms with van der Waals surface area (Å²) in [6.45, 7) is 2.24. The average molecular weight is 251 g/mol. The highest BCUT2D eigenvalue weighted by Gasteiger charge is 2.30. The molecule has 3 heteroatoms. The fraction of sp³-hybridized carbons (Fsp3) is 0.867. The molecule has 0 heterocycles. The van der Waals surface area contributed by atoms with E-state index in [4.69, 9.17) is 0 Å². The van der Waals surface area contributed by atoms with Crippen LogP contribution in [0.1, 0.15) is 58.3 Å². The van der Waals surface area contributed by atoms with Crippen molar-refractivity contribution in [1.82, 2.24) is 5.32 Å². The van der Waals surface area contributed by atoms with Gasteiger partial charge in [0.1, 0.15) is 6.29 Å². The third kappa shape index (κ3) is 3.33. The predicted octanol–water partition coefficient (Wildman–Crippen LogP) is 2.69. The summed E-state index contributed by atoms with van der Waals surface area (Å²) < 4.78 is 0. The summed E-state index contributed by atoms with van der Waals surface area (Å²) in [5, 5.41) is 3.15. The van der Waals surface area contributed by atoms with Crippen LogP contribution in [0.5, 0.6) is 0 Å². The van der Waals surface area contributed by atoms with Gasteiger partial charge in [0.2, 0.25) is 5.91 Å². The molecule has 1 N–H and O–H groups in total. The second-order valence-electron chi connectivity index (χ2n) is 6.04. The van der Waals surface area contributed by atoms with Gasteiger partial charge in [-0.2, -0.15) is 0 Å². The van der Waals surface area contributed by atoms with Crippen LogP contribution in [0, 0.1) is 17.8 Å². The van der Waals surface area contributed by atoms with Crippen LogP contribution in [-0.4, -0.2) is 18.2 Å². The molecule has 2 rings (SSSR count). The minimum atomic E-state index is 0.172. The zero-order chi connectivity index (χ0) is 13.0. The molecule has 2 aliphatic rings. The van der Waals surface area contributed by atoms with Crippen molar-refractivity contribution >= 4 is 12.2 Å². The van der Waals surface area contributed by atoms with E-state index in [1.54, 1.807) is 0 Å². The second kappa shape index (κ2) is 6.35. The van der Waals surface area contributed by atoms with Gasteiger partial charge in [-0.1, -0.05) is 13.3 Å². The number of rotatable bonds is 4. The summed E-state index contributed by atoms with van der Waals surface area (Å²) in [6, 6.07) is 0.247. The molecule has 0 aromatic heterocycles. The Morgan fingerprint density at radius 1 is 1.17 bits per heavy atom. The molecule has 3 nitrogen and oxygen atoms in total. The van der Waals surface area contributed by atoms with E-state index in [1.807, 2.05) is 0 Å². The van der Waals surface area contributed by atoms with Crippen LogP contribution in [0.15, 0.2) is 0 Å². The van der Waals surface area contributed by atoms with Gasteiger partial charge in [-0.15, -0.1) is 0 Å².